The van der Waals surface area contributed by atoms with E-state index in [1.807, 2.05) is 5.92 Å². The largest absolute Gasteiger partial charge is 0.384 e. The Morgan fingerprint density at radius 1 is 1.12 bits per heavy atom. The van der Waals surface area contributed by atoms with E-state index in [1.165, 1.54) is 19.3 Å². The molecule has 0 bridgehead atoms. The predicted molar refractivity (Wildman–Crippen MR) is 118 cm³/mol. The lowest BCUT2D eigenvalue weighted by Gasteiger charge is -1.86. The molecule has 0 rings (SSSR count). The van der Waals surface area contributed by atoms with Crippen molar-refractivity contribution in [2.24, 2.45) is 5.73 Å². The Balaban J connectivity index is -0.0000000720. The average Bonchev–Trinajstić information content (AvgIpc) is 2.60. The first-order chi connectivity index (χ1) is 12.2. The fourth-order valence-electron chi connectivity index (χ4n) is 0.582. The second kappa shape index (κ2) is 39.3. The Labute approximate surface area is 171 Å². The van der Waals surface area contributed by atoms with Crippen LogP contribution in [0.2, 0.25) is 0 Å². The first kappa shape index (κ1) is 36.1. The summed E-state index contributed by atoms with van der Waals surface area (Å²) in [7, 11) is 1.31. The van der Waals surface area contributed by atoms with Gasteiger partial charge in [-0.15, -0.1) is 25.2 Å². The minimum absolute atomic E-state index is 0.153. The van der Waals surface area contributed by atoms with Crippen molar-refractivity contribution in [3.8, 4) is 37.0 Å². The summed E-state index contributed by atoms with van der Waals surface area (Å²) in [6.45, 7) is 5.26. The summed E-state index contributed by atoms with van der Waals surface area (Å²) in [5, 5.41) is 7.64. The second-order valence-corrected chi connectivity index (χ2v) is 7.48. The lowest BCUT2D eigenvalue weighted by atomic mass is 10.2. The monoisotopic (exact) mass is 427 g/mol. The molecular formula is C18H34ClNO4S2. The molecule has 0 aliphatic rings. The summed E-state index contributed by atoms with van der Waals surface area (Å²) in [6, 6.07) is 0. The van der Waals surface area contributed by atoms with Gasteiger partial charge in [-0.1, -0.05) is 38.5 Å². The molecule has 0 saturated heterocycles. The zero-order chi connectivity index (χ0) is 21.7. The average molecular weight is 428 g/mol. The quantitative estimate of drug-likeness (QED) is 0.199. The van der Waals surface area contributed by atoms with Crippen molar-refractivity contribution in [1.82, 2.24) is 0 Å². The number of rotatable bonds is 6. The Hall–Kier alpha value is -0.850. The molecule has 0 aliphatic carbocycles. The van der Waals surface area contributed by atoms with Gasteiger partial charge in [-0.3, -0.25) is 0 Å². The van der Waals surface area contributed by atoms with Crippen molar-refractivity contribution in [3.63, 3.8) is 0 Å². The van der Waals surface area contributed by atoms with Crippen LogP contribution in [0.5, 0.6) is 0 Å². The van der Waals surface area contributed by atoms with Crippen LogP contribution in [0.1, 0.15) is 46.0 Å². The van der Waals surface area contributed by atoms with Crippen LogP contribution in [0.25, 0.3) is 0 Å². The van der Waals surface area contributed by atoms with Crippen molar-refractivity contribution in [2.75, 3.05) is 32.0 Å². The fraction of sp³-hybridized carbons (Fsp3) is 0.667. The molecule has 0 heterocycles. The molecule has 26 heavy (non-hydrogen) atoms. The van der Waals surface area contributed by atoms with E-state index in [0.29, 0.717) is 12.5 Å². The number of nitrogens with two attached hydrogens (primary N) is 1. The first-order valence-corrected chi connectivity index (χ1v) is 11.2. The van der Waals surface area contributed by atoms with Gasteiger partial charge in [0.25, 0.3) is 0 Å². The van der Waals surface area contributed by atoms with E-state index in [9.17, 15) is 8.42 Å². The highest BCUT2D eigenvalue weighted by atomic mass is 35.7. The number of ether oxygens (including phenoxy) is 1. The summed E-state index contributed by atoms with van der Waals surface area (Å²) in [5.41, 5.74) is 5.03. The molecule has 0 fully saturated rings. The second-order valence-electron chi connectivity index (χ2n) is 4.18. The van der Waals surface area contributed by atoms with Crippen LogP contribution in [0.15, 0.2) is 0 Å². The molecule has 5 nitrogen and oxygen atoms in total. The lowest BCUT2D eigenvalue weighted by Crippen LogP contribution is -1.93. The summed E-state index contributed by atoms with van der Waals surface area (Å²) in [6.07, 6.45) is 21.1. The predicted octanol–water partition coefficient (Wildman–Crippen LogP) is 2.88. The smallest absolute Gasteiger partial charge is 0.229 e. The van der Waals surface area contributed by atoms with Crippen LogP contribution < -0.4 is 5.73 Å². The van der Waals surface area contributed by atoms with Gasteiger partial charge in [0.15, 0.2) is 0 Å². The third-order valence-electron chi connectivity index (χ3n) is 1.58. The van der Waals surface area contributed by atoms with Crippen LogP contribution >= 0.6 is 23.3 Å². The van der Waals surface area contributed by atoms with Gasteiger partial charge in [0.1, 0.15) is 13.2 Å². The van der Waals surface area contributed by atoms with Gasteiger partial charge in [-0.05, 0) is 19.4 Å². The molecule has 0 aromatic rings. The van der Waals surface area contributed by atoms with Gasteiger partial charge in [-0.25, -0.2) is 8.42 Å². The number of aliphatic hydroxyl groups is 1. The Bertz CT molecular complexity index is 439. The van der Waals surface area contributed by atoms with E-state index in [1.54, 1.807) is 0 Å². The molecule has 0 aliphatic heterocycles. The minimum atomic E-state index is -3.19. The molecule has 154 valence electrons. The molecule has 3 N–H and O–H groups in total. The van der Waals surface area contributed by atoms with Gasteiger partial charge in [0, 0.05) is 17.1 Å². The van der Waals surface area contributed by atoms with Crippen molar-refractivity contribution < 1.29 is 18.3 Å². The van der Waals surface area contributed by atoms with E-state index in [2.05, 4.69) is 60.2 Å². The maximum absolute atomic E-state index is 9.40. The Morgan fingerprint density at radius 3 is 1.69 bits per heavy atom. The summed E-state index contributed by atoms with van der Waals surface area (Å²) in [4.78, 5) is 0. The third-order valence-corrected chi connectivity index (χ3v) is 1.76. The van der Waals surface area contributed by atoms with Gasteiger partial charge in [0.05, 0.1) is 12.2 Å². The topological polar surface area (TPSA) is 89.6 Å². The number of thiol groups is 1. The van der Waals surface area contributed by atoms with Crippen LogP contribution in [-0.4, -0.2) is 45.5 Å². The zero-order valence-corrected chi connectivity index (χ0v) is 18.5. The lowest BCUT2D eigenvalue weighted by molar-refractivity contribution is 0.223. The molecule has 0 unspecified atom stereocenters. The van der Waals surface area contributed by atoms with E-state index in [-0.39, 0.29) is 6.61 Å². The van der Waals surface area contributed by atoms with Crippen LogP contribution in [0.3, 0.4) is 0 Å². The highest BCUT2D eigenvalue weighted by molar-refractivity contribution is 8.13. The van der Waals surface area contributed by atoms with Gasteiger partial charge in [-0.2, -0.15) is 12.6 Å². The molecule has 0 amide bonds. The number of unbranched alkanes of at least 4 members (excludes halogenated alkanes) is 3. The van der Waals surface area contributed by atoms with E-state index >= 15 is 0 Å². The number of aliphatic hydroxyl groups excluding tert-OH is 1. The maximum atomic E-state index is 9.40. The van der Waals surface area contributed by atoms with Crippen LogP contribution in [0, 0.1) is 37.0 Å². The summed E-state index contributed by atoms with van der Waals surface area (Å²) >= 11 is 3.74. The highest BCUT2D eigenvalue weighted by Crippen LogP contribution is 1.95. The summed E-state index contributed by atoms with van der Waals surface area (Å²) < 4.78 is 23.4. The minimum Gasteiger partial charge on any atom is -0.384 e. The number of halogens is 1. The summed E-state index contributed by atoms with van der Waals surface area (Å²) in [5.74, 6) is 7.29. The first-order valence-electron chi connectivity index (χ1n) is 7.85. The van der Waals surface area contributed by atoms with Crippen molar-refractivity contribution >= 4 is 32.4 Å². The fourth-order valence-corrected chi connectivity index (χ4v) is 0.673. The van der Waals surface area contributed by atoms with Gasteiger partial charge >= 0.3 is 0 Å². The van der Waals surface area contributed by atoms with Crippen molar-refractivity contribution in [3.05, 3.63) is 0 Å². The zero-order valence-electron chi connectivity index (χ0n) is 16.1. The molecular weight excluding hydrogens is 394 g/mol. The number of terminal acetylenes is 3. The standard InChI is InChI=1S/C7H12.C4H6OS.C3H9N.C3H4O.CH3ClO2S/c1-3-5-7-6-4-2;1-2-3-5-4-6;2*1-2-3-4;1-5(2,3)4/h1H,4-7H2,2H3;1,6H,3-4H2;2-4H2,1H3;1,4H,3H2;1H3. The molecule has 0 spiro atoms. The van der Waals surface area contributed by atoms with E-state index in [0.717, 1.165) is 25.6 Å². The van der Waals surface area contributed by atoms with E-state index < -0.39 is 9.05 Å². The molecule has 0 saturated carbocycles. The third kappa shape index (κ3) is 171. The Kier molecular flexibility index (Phi) is 54.6. The van der Waals surface area contributed by atoms with Crippen LogP contribution in [0.4, 0.5) is 0 Å². The molecule has 0 aromatic carbocycles. The number of hydrogen-bond acceptors (Lipinski definition) is 6. The SMILES string of the molecule is C#CCCCCC.C#CCO.C#CCOCS.CCCN.CS(=O)(=O)Cl. The molecule has 0 aromatic heterocycles. The molecule has 0 atom stereocenters. The normalized spacial score (nSPS) is 8.00. The van der Waals surface area contributed by atoms with E-state index in [4.69, 9.17) is 23.7 Å². The highest BCUT2D eigenvalue weighted by Gasteiger charge is 1.83. The van der Waals surface area contributed by atoms with Gasteiger partial charge in [0.2, 0.25) is 9.05 Å². The van der Waals surface area contributed by atoms with Crippen molar-refractivity contribution in [1.29, 1.82) is 0 Å². The van der Waals surface area contributed by atoms with Gasteiger partial charge < -0.3 is 15.6 Å². The molecule has 8 heteroatoms. The van der Waals surface area contributed by atoms with Crippen molar-refractivity contribution in [2.45, 2.75) is 46.0 Å². The Morgan fingerprint density at radius 2 is 1.54 bits per heavy atom. The maximum Gasteiger partial charge on any atom is 0.229 e. The number of hydrogen-bond donors (Lipinski definition) is 3. The molecule has 0 radical (unpaired) electrons. The van der Waals surface area contributed by atoms with Crippen LogP contribution in [-0.2, 0) is 13.8 Å².